The highest BCUT2D eigenvalue weighted by Gasteiger charge is 2.30. The molecule has 0 unspecified atom stereocenters. The Morgan fingerprint density at radius 1 is 0.939 bits per heavy atom. The van der Waals surface area contributed by atoms with Gasteiger partial charge in [0.05, 0.1) is 4.90 Å². The first-order valence-electron chi connectivity index (χ1n) is 10.2. The zero-order valence-electron chi connectivity index (χ0n) is 17.5. The number of aromatic nitrogens is 1. The number of anilines is 2. The zero-order chi connectivity index (χ0) is 23.0. The third-order valence-corrected chi connectivity index (χ3v) is 6.70. The van der Waals surface area contributed by atoms with Crippen LogP contribution in [0.2, 0.25) is 0 Å². The minimum absolute atomic E-state index is 0.0157. The van der Waals surface area contributed by atoms with E-state index in [-0.39, 0.29) is 21.7 Å². The van der Waals surface area contributed by atoms with E-state index in [2.05, 4.69) is 10.3 Å². The molecule has 0 saturated carbocycles. The number of nitrogens with one attached hydrogen (secondary N) is 1. The Bertz CT molecular complexity index is 1430. The maximum absolute atomic E-state index is 13.6. The minimum atomic E-state index is -4.11. The summed E-state index contributed by atoms with van der Waals surface area (Å²) in [6, 6.07) is 17.2. The number of hydrogen-bond donors (Lipinski definition) is 1. The lowest BCUT2D eigenvalue weighted by atomic mass is 10.2. The average Bonchev–Trinajstić information content (AvgIpc) is 3.24. The lowest BCUT2D eigenvalue weighted by molar-refractivity contribution is 0.171. The van der Waals surface area contributed by atoms with Gasteiger partial charge in [-0.2, -0.15) is 4.98 Å². The van der Waals surface area contributed by atoms with Crippen molar-refractivity contribution in [3.05, 3.63) is 78.1 Å². The number of sulfone groups is 1. The summed E-state index contributed by atoms with van der Waals surface area (Å²) < 4.78 is 57.4. The molecule has 9 heteroatoms. The smallest absolute Gasteiger partial charge is 0.238 e. The van der Waals surface area contributed by atoms with Crippen LogP contribution in [-0.2, 0) is 9.84 Å². The Labute approximate surface area is 189 Å². The van der Waals surface area contributed by atoms with Crippen LogP contribution in [0.5, 0.6) is 11.5 Å². The molecule has 1 aliphatic rings. The van der Waals surface area contributed by atoms with Gasteiger partial charge in [0.25, 0.3) is 0 Å². The van der Waals surface area contributed by atoms with Crippen LogP contribution in [-0.4, -0.2) is 26.6 Å². The van der Waals surface area contributed by atoms with Crippen molar-refractivity contribution in [3.63, 3.8) is 0 Å². The molecule has 33 heavy (non-hydrogen) atoms. The van der Waals surface area contributed by atoms with E-state index in [9.17, 15) is 12.8 Å². The van der Waals surface area contributed by atoms with Gasteiger partial charge in [0.15, 0.2) is 11.5 Å². The molecule has 2 heterocycles. The summed E-state index contributed by atoms with van der Waals surface area (Å²) in [5, 5.41) is 2.72. The number of fused-ring (bicyclic) bond motifs is 1. The van der Waals surface area contributed by atoms with Gasteiger partial charge >= 0.3 is 0 Å². The van der Waals surface area contributed by atoms with Gasteiger partial charge in [-0.25, -0.2) is 12.8 Å². The molecule has 0 saturated heterocycles. The highest BCUT2D eigenvalue weighted by Crippen LogP contribution is 2.38. The predicted octanol–water partition coefficient (Wildman–Crippen LogP) is 5.14. The molecule has 1 aromatic heterocycles. The first-order valence-corrected chi connectivity index (χ1v) is 11.6. The van der Waals surface area contributed by atoms with Crippen LogP contribution < -0.4 is 14.8 Å². The van der Waals surface area contributed by atoms with E-state index in [1.165, 1.54) is 36.4 Å². The van der Waals surface area contributed by atoms with Gasteiger partial charge in [-0.3, -0.25) is 0 Å². The second-order valence-corrected chi connectivity index (χ2v) is 9.33. The van der Waals surface area contributed by atoms with Gasteiger partial charge in [0.1, 0.15) is 19.0 Å². The van der Waals surface area contributed by atoms with Gasteiger partial charge in [0, 0.05) is 17.3 Å². The van der Waals surface area contributed by atoms with Crippen molar-refractivity contribution in [1.29, 1.82) is 0 Å². The molecule has 3 aromatic carbocycles. The number of oxazole rings is 1. The number of halogens is 1. The van der Waals surface area contributed by atoms with Crippen molar-refractivity contribution in [3.8, 4) is 23.0 Å². The van der Waals surface area contributed by atoms with Gasteiger partial charge in [-0.1, -0.05) is 12.1 Å². The maximum Gasteiger partial charge on any atom is 0.238 e. The number of rotatable bonds is 5. The molecular weight excluding hydrogens is 447 g/mol. The fourth-order valence-corrected chi connectivity index (χ4v) is 4.71. The Morgan fingerprint density at radius 3 is 2.45 bits per heavy atom. The van der Waals surface area contributed by atoms with Crippen LogP contribution >= 0.6 is 0 Å². The number of aryl methyl sites for hydroxylation is 1. The minimum Gasteiger partial charge on any atom is -0.486 e. The van der Waals surface area contributed by atoms with Crippen LogP contribution in [0.3, 0.4) is 0 Å². The summed E-state index contributed by atoms with van der Waals surface area (Å²) in [4.78, 5) is 4.26. The van der Waals surface area contributed by atoms with E-state index in [0.29, 0.717) is 36.0 Å². The van der Waals surface area contributed by atoms with E-state index < -0.39 is 15.7 Å². The standard InChI is InChI=1S/C24H19FN2O5S/c1-15-3-2-4-18(13-15)26-23-24(27-22(32-23)16-5-7-17(25)8-6-16)33(28,29)19-9-10-20-21(14-19)31-12-11-30-20/h2-10,13-14,26H,11-12H2,1H3. The molecular formula is C24H19FN2O5S. The number of benzene rings is 3. The predicted molar refractivity (Wildman–Crippen MR) is 119 cm³/mol. The van der Waals surface area contributed by atoms with Crippen molar-refractivity contribution in [2.45, 2.75) is 16.8 Å². The van der Waals surface area contributed by atoms with Crippen LogP contribution in [0.25, 0.3) is 11.5 Å². The second-order valence-electron chi connectivity index (χ2n) is 7.46. The molecule has 5 rings (SSSR count). The van der Waals surface area contributed by atoms with Crippen molar-refractivity contribution in [2.24, 2.45) is 0 Å². The SMILES string of the molecule is Cc1cccc(Nc2oc(-c3ccc(F)cc3)nc2S(=O)(=O)c2ccc3c(c2)OCCO3)c1. The molecule has 4 aromatic rings. The summed E-state index contributed by atoms with van der Waals surface area (Å²) in [5.74, 6) is 0.395. The summed E-state index contributed by atoms with van der Waals surface area (Å²) in [6.45, 7) is 2.64. The second kappa shape index (κ2) is 8.25. The molecule has 0 bridgehead atoms. The lowest BCUT2D eigenvalue weighted by Gasteiger charge is -2.18. The molecule has 0 aliphatic carbocycles. The van der Waals surface area contributed by atoms with E-state index in [4.69, 9.17) is 13.9 Å². The summed E-state index contributed by atoms with van der Waals surface area (Å²) in [7, 11) is -4.11. The third kappa shape index (κ3) is 4.14. The average molecular weight is 466 g/mol. The molecule has 0 fully saturated rings. The lowest BCUT2D eigenvalue weighted by Crippen LogP contribution is -2.16. The Balaban J connectivity index is 1.61. The Hall–Kier alpha value is -3.85. The highest BCUT2D eigenvalue weighted by atomic mass is 32.2. The summed E-state index contributed by atoms with van der Waals surface area (Å²) in [5.41, 5.74) is 2.05. The van der Waals surface area contributed by atoms with Crippen LogP contribution in [0, 0.1) is 12.7 Å². The number of ether oxygens (including phenoxy) is 2. The molecule has 0 atom stereocenters. The van der Waals surface area contributed by atoms with E-state index in [1.807, 2.05) is 25.1 Å². The Kier molecular flexibility index (Phi) is 5.26. The highest BCUT2D eigenvalue weighted by molar-refractivity contribution is 7.91. The van der Waals surface area contributed by atoms with Crippen molar-refractivity contribution >= 4 is 21.4 Å². The third-order valence-electron chi connectivity index (χ3n) is 5.04. The molecule has 1 aliphatic heterocycles. The van der Waals surface area contributed by atoms with Crippen molar-refractivity contribution < 1.29 is 26.7 Å². The Morgan fingerprint density at radius 2 is 1.70 bits per heavy atom. The molecule has 0 radical (unpaired) electrons. The fourth-order valence-electron chi connectivity index (χ4n) is 3.44. The fraction of sp³-hybridized carbons (Fsp3) is 0.125. The van der Waals surface area contributed by atoms with Crippen LogP contribution in [0.1, 0.15) is 5.56 Å². The van der Waals surface area contributed by atoms with Gasteiger partial charge in [-0.15, -0.1) is 0 Å². The van der Waals surface area contributed by atoms with Gasteiger partial charge in [-0.05, 0) is 61.0 Å². The normalized spacial score (nSPS) is 13.0. The molecule has 0 amide bonds. The summed E-state index contributed by atoms with van der Waals surface area (Å²) >= 11 is 0. The van der Waals surface area contributed by atoms with Gasteiger partial charge in [0.2, 0.25) is 26.6 Å². The monoisotopic (exact) mass is 466 g/mol. The largest absolute Gasteiger partial charge is 0.486 e. The summed E-state index contributed by atoms with van der Waals surface area (Å²) in [6.07, 6.45) is 0. The van der Waals surface area contributed by atoms with Crippen LogP contribution in [0.4, 0.5) is 16.0 Å². The molecule has 7 nitrogen and oxygen atoms in total. The van der Waals surface area contributed by atoms with E-state index in [0.717, 1.165) is 5.56 Å². The van der Waals surface area contributed by atoms with E-state index in [1.54, 1.807) is 12.1 Å². The van der Waals surface area contributed by atoms with Crippen LogP contribution in [0.15, 0.2) is 81.1 Å². The maximum atomic E-state index is 13.6. The topological polar surface area (TPSA) is 90.7 Å². The van der Waals surface area contributed by atoms with Gasteiger partial charge < -0.3 is 19.2 Å². The molecule has 168 valence electrons. The zero-order valence-corrected chi connectivity index (χ0v) is 18.4. The first-order chi connectivity index (χ1) is 15.9. The van der Waals surface area contributed by atoms with E-state index >= 15 is 0 Å². The quantitative estimate of drug-likeness (QED) is 0.436. The van der Waals surface area contributed by atoms with Crippen molar-refractivity contribution in [1.82, 2.24) is 4.98 Å². The number of nitrogens with zero attached hydrogens (tertiary/aromatic N) is 1. The van der Waals surface area contributed by atoms with Crippen molar-refractivity contribution in [2.75, 3.05) is 18.5 Å². The number of hydrogen-bond acceptors (Lipinski definition) is 7. The first kappa shape index (κ1) is 21.0. The molecule has 1 N–H and O–H groups in total. The molecule has 0 spiro atoms.